The van der Waals surface area contributed by atoms with Crippen LogP contribution in [0.15, 0.2) is 0 Å². The van der Waals surface area contributed by atoms with E-state index in [2.05, 4.69) is 10.2 Å². The van der Waals surface area contributed by atoms with E-state index in [4.69, 9.17) is 0 Å². The molecule has 0 aromatic heterocycles. The van der Waals surface area contributed by atoms with Gasteiger partial charge in [0, 0.05) is 12.6 Å². The highest BCUT2D eigenvalue weighted by Crippen LogP contribution is 2.11. The number of rotatable bonds is 5. The lowest BCUT2D eigenvalue weighted by molar-refractivity contribution is 0.222. The van der Waals surface area contributed by atoms with E-state index >= 15 is 0 Å². The highest BCUT2D eigenvalue weighted by atomic mass is 32.2. The third-order valence-electron chi connectivity index (χ3n) is 2.93. The van der Waals surface area contributed by atoms with Crippen LogP contribution in [0.3, 0.4) is 0 Å². The molecule has 1 fully saturated rings. The van der Waals surface area contributed by atoms with Crippen molar-refractivity contribution in [3.8, 4) is 0 Å². The van der Waals surface area contributed by atoms with Crippen LogP contribution in [-0.2, 0) is 9.84 Å². The molecule has 0 aliphatic carbocycles. The number of hydrogen-bond donors (Lipinski definition) is 1. The van der Waals surface area contributed by atoms with E-state index in [0.29, 0.717) is 18.1 Å². The van der Waals surface area contributed by atoms with Gasteiger partial charge in [0.1, 0.15) is 0 Å². The summed E-state index contributed by atoms with van der Waals surface area (Å²) in [4.78, 5) is 2.29. The molecule has 1 rings (SSSR count). The van der Waals surface area contributed by atoms with Crippen molar-refractivity contribution in [3.05, 3.63) is 0 Å². The van der Waals surface area contributed by atoms with Crippen LogP contribution in [0.4, 0.5) is 0 Å². The van der Waals surface area contributed by atoms with Crippen molar-refractivity contribution in [3.63, 3.8) is 0 Å². The minimum atomic E-state index is -2.75. The summed E-state index contributed by atoms with van der Waals surface area (Å²) >= 11 is 0. The number of unbranched alkanes of at least 4 members (excludes halogenated alkanes) is 1. The molecule has 5 heteroatoms. The van der Waals surface area contributed by atoms with E-state index < -0.39 is 9.84 Å². The average molecular weight is 234 g/mol. The molecule has 0 aromatic rings. The number of sulfone groups is 1. The fourth-order valence-electron chi connectivity index (χ4n) is 1.98. The highest BCUT2D eigenvalue weighted by molar-refractivity contribution is 7.91. The Morgan fingerprint density at radius 1 is 1.40 bits per heavy atom. The lowest BCUT2D eigenvalue weighted by Crippen LogP contribution is -2.47. The quantitative estimate of drug-likeness (QED) is 0.686. The van der Waals surface area contributed by atoms with Gasteiger partial charge in [-0.1, -0.05) is 0 Å². The first-order chi connectivity index (χ1) is 7.05. The summed E-state index contributed by atoms with van der Waals surface area (Å²) in [6, 6.07) is 0.193. The molecule has 90 valence electrons. The summed E-state index contributed by atoms with van der Waals surface area (Å²) < 4.78 is 22.7. The van der Waals surface area contributed by atoms with Gasteiger partial charge in [0.25, 0.3) is 0 Å². The van der Waals surface area contributed by atoms with Crippen LogP contribution < -0.4 is 5.32 Å². The van der Waals surface area contributed by atoms with Gasteiger partial charge in [0.15, 0.2) is 9.84 Å². The van der Waals surface area contributed by atoms with Gasteiger partial charge in [-0.15, -0.1) is 0 Å². The monoisotopic (exact) mass is 234 g/mol. The van der Waals surface area contributed by atoms with Gasteiger partial charge in [0.2, 0.25) is 0 Å². The molecule has 15 heavy (non-hydrogen) atoms. The van der Waals surface area contributed by atoms with Gasteiger partial charge in [0.05, 0.1) is 11.5 Å². The Morgan fingerprint density at radius 2 is 2.13 bits per heavy atom. The summed E-state index contributed by atoms with van der Waals surface area (Å²) in [5.41, 5.74) is 0. The van der Waals surface area contributed by atoms with Crippen molar-refractivity contribution in [1.29, 1.82) is 0 Å². The zero-order valence-corrected chi connectivity index (χ0v) is 10.5. The fraction of sp³-hybridized carbons (Fsp3) is 1.00. The van der Waals surface area contributed by atoms with Crippen LogP contribution in [0.5, 0.6) is 0 Å². The lowest BCUT2D eigenvalue weighted by atomic mass is 10.2. The van der Waals surface area contributed by atoms with Crippen LogP contribution in [0, 0.1) is 0 Å². The van der Waals surface area contributed by atoms with E-state index in [-0.39, 0.29) is 6.04 Å². The second-order valence-electron chi connectivity index (χ2n) is 4.31. The fourth-order valence-corrected chi connectivity index (χ4v) is 3.61. The minimum absolute atomic E-state index is 0.193. The lowest BCUT2D eigenvalue weighted by Gasteiger charge is -2.33. The Bertz CT molecular complexity index is 277. The minimum Gasteiger partial charge on any atom is -0.320 e. The molecule has 1 unspecified atom stereocenters. The first-order valence-electron chi connectivity index (χ1n) is 5.64. The van der Waals surface area contributed by atoms with Crippen LogP contribution in [0.2, 0.25) is 0 Å². The maximum Gasteiger partial charge on any atom is 0.153 e. The van der Waals surface area contributed by atoms with Gasteiger partial charge in [-0.3, -0.25) is 4.90 Å². The molecule has 1 heterocycles. The summed E-state index contributed by atoms with van der Waals surface area (Å²) in [5.74, 6) is 0.669. The molecule has 1 aliphatic rings. The Hall–Kier alpha value is -0.130. The van der Waals surface area contributed by atoms with Crippen molar-refractivity contribution < 1.29 is 8.42 Å². The standard InChI is InChI=1S/C10H22N2O2S/c1-10-9-15(13,14)8-7-12(10)6-4-3-5-11-2/h10-11H,3-9H2,1-2H3. The molecule has 0 radical (unpaired) electrons. The van der Waals surface area contributed by atoms with Gasteiger partial charge in [-0.05, 0) is 39.9 Å². The molecule has 4 nitrogen and oxygen atoms in total. The zero-order chi connectivity index (χ0) is 11.3. The molecule has 0 amide bonds. The molecule has 1 atom stereocenters. The summed E-state index contributed by atoms with van der Waals surface area (Å²) in [6.45, 7) is 4.79. The molecule has 0 bridgehead atoms. The smallest absolute Gasteiger partial charge is 0.153 e. The topological polar surface area (TPSA) is 49.4 Å². The molecule has 0 aromatic carbocycles. The van der Waals surface area contributed by atoms with Gasteiger partial charge >= 0.3 is 0 Å². The maximum absolute atomic E-state index is 11.3. The summed E-state index contributed by atoms with van der Waals surface area (Å²) in [5, 5.41) is 3.12. The van der Waals surface area contributed by atoms with Crippen LogP contribution in [-0.4, -0.2) is 57.5 Å². The van der Waals surface area contributed by atoms with Crippen molar-refractivity contribution >= 4 is 9.84 Å². The number of nitrogens with zero attached hydrogens (tertiary/aromatic N) is 1. The summed E-state index contributed by atoms with van der Waals surface area (Å²) in [7, 11) is -0.800. The second kappa shape index (κ2) is 5.82. The molecule has 0 saturated carbocycles. The third kappa shape index (κ3) is 4.49. The van der Waals surface area contributed by atoms with E-state index in [1.807, 2.05) is 14.0 Å². The van der Waals surface area contributed by atoms with E-state index in [9.17, 15) is 8.42 Å². The normalized spacial score (nSPS) is 26.7. The van der Waals surface area contributed by atoms with Gasteiger partial charge in [-0.25, -0.2) is 8.42 Å². The Morgan fingerprint density at radius 3 is 2.73 bits per heavy atom. The van der Waals surface area contributed by atoms with Crippen molar-refractivity contribution in [1.82, 2.24) is 10.2 Å². The first kappa shape index (κ1) is 12.9. The highest BCUT2D eigenvalue weighted by Gasteiger charge is 2.27. The van der Waals surface area contributed by atoms with Gasteiger partial charge in [-0.2, -0.15) is 0 Å². The predicted molar refractivity (Wildman–Crippen MR) is 62.8 cm³/mol. The zero-order valence-electron chi connectivity index (χ0n) is 9.70. The molecule has 1 saturated heterocycles. The molecule has 1 aliphatic heterocycles. The van der Waals surface area contributed by atoms with Crippen molar-refractivity contribution in [2.75, 3.05) is 38.2 Å². The van der Waals surface area contributed by atoms with Crippen molar-refractivity contribution in [2.45, 2.75) is 25.8 Å². The predicted octanol–water partition coefficient (Wildman–Crippen LogP) is 0.105. The van der Waals surface area contributed by atoms with Gasteiger partial charge < -0.3 is 5.32 Å². The van der Waals surface area contributed by atoms with Crippen molar-refractivity contribution in [2.24, 2.45) is 0 Å². The summed E-state index contributed by atoms with van der Waals surface area (Å²) in [6.07, 6.45) is 2.30. The maximum atomic E-state index is 11.3. The van der Waals surface area contributed by atoms with Crippen LogP contribution in [0.25, 0.3) is 0 Å². The van der Waals surface area contributed by atoms with E-state index in [1.165, 1.54) is 0 Å². The van der Waals surface area contributed by atoms with Crippen LogP contribution in [0.1, 0.15) is 19.8 Å². The average Bonchev–Trinajstić information content (AvgIpc) is 2.14. The Kier molecular flexibility index (Phi) is 5.02. The molecule has 1 N–H and O–H groups in total. The van der Waals surface area contributed by atoms with E-state index in [0.717, 1.165) is 25.9 Å². The molecular formula is C10H22N2O2S. The van der Waals surface area contributed by atoms with Crippen LogP contribution >= 0.6 is 0 Å². The largest absolute Gasteiger partial charge is 0.320 e. The third-order valence-corrected chi connectivity index (χ3v) is 4.72. The number of hydrogen-bond acceptors (Lipinski definition) is 4. The SMILES string of the molecule is CNCCCCN1CCS(=O)(=O)CC1C. The van der Waals surface area contributed by atoms with E-state index in [1.54, 1.807) is 0 Å². The second-order valence-corrected chi connectivity index (χ2v) is 6.54. The first-order valence-corrected chi connectivity index (χ1v) is 7.46. The molecule has 0 spiro atoms. The Labute approximate surface area is 93.0 Å². The number of nitrogens with one attached hydrogen (secondary N) is 1. The Balaban J connectivity index is 2.26. The molecular weight excluding hydrogens is 212 g/mol.